The van der Waals surface area contributed by atoms with Crippen LogP contribution in [0.1, 0.15) is 19.8 Å². The summed E-state index contributed by atoms with van der Waals surface area (Å²) in [4.78, 5) is 20.4. The van der Waals surface area contributed by atoms with Gasteiger partial charge >= 0.3 is 6.03 Å². The molecule has 0 radical (unpaired) electrons. The lowest BCUT2D eigenvalue weighted by atomic mass is 10.1. The van der Waals surface area contributed by atoms with E-state index in [0.29, 0.717) is 27.5 Å². The molecule has 3 heterocycles. The van der Waals surface area contributed by atoms with E-state index in [1.54, 1.807) is 23.6 Å². The monoisotopic (exact) mass is 411 g/mol. The number of halogens is 1. The first-order valence-electron chi connectivity index (χ1n) is 7.66. The van der Waals surface area contributed by atoms with Crippen LogP contribution in [0.15, 0.2) is 27.5 Å². The molecule has 0 aromatic carbocycles. The number of hydrogen-bond acceptors (Lipinski definition) is 6. The number of aromatic nitrogens is 2. The fourth-order valence-corrected chi connectivity index (χ4v) is 3.45. The highest BCUT2D eigenvalue weighted by molar-refractivity contribution is 9.11. The van der Waals surface area contributed by atoms with Crippen molar-refractivity contribution >= 4 is 44.9 Å². The molecule has 2 amide bonds. The molecule has 7 nitrogen and oxygen atoms in total. The van der Waals surface area contributed by atoms with Crippen LogP contribution < -0.4 is 20.7 Å². The Labute approximate surface area is 152 Å². The summed E-state index contributed by atoms with van der Waals surface area (Å²) in [5.74, 6) is 1.40. The molecule has 2 atom stereocenters. The first-order valence-corrected chi connectivity index (χ1v) is 9.33. The van der Waals surface area contributed by atoms with Crippen molar-refractivity contribution in [1.29, 1.82) is 0 Å². The number of nitrogens with zero attached hydrogens (tertiary/aromatic N) is 2. The molecule has 128 valence electrons. The molecule has 0 bridgehead atoms. The minimum absolute atomic E-state index is 0.0245. The van der Waals surface area contributed by atoms with Gasteiger partial charge in [-0.25, -0.2) is 9.78 Å². The van der Waals surface area contributed by atoms with Gasteiger partial charge in [0.25, 0.3) is 0 Å². The summed E-state index contributed by atoms with van der Waals surface area (Å²) in [7, 11) is 0. The largest absolute Gasteiger partial charge is 0.473 e. The molecule has 2 aromatic rings. The first-order chi connectivity index (χ1) is 11.6. The topological polar surface area (TPSA) is 88.2 Å². The first kappa shape index (κ1) is 17.1. The number of ether oxygens (including phenoxy) is 1. The minimum atomic E-state index is -0.400. The molecule has 3 rings (SSSR count). The van der Waals surface area contributed by atoms with E-state index in [0.717, 1.165) is 13.0 Å². The normalized spacial score (nSPS) is 18.2. The van der Waals surface area contributed by atoms with Crippen molar-refractivity contribution in [3.05, 3.63) is 27.5 Å². The van der Waals surface area contributed by atoms with Gasteiger partial charge in [0.15, 0.2) is 3.92 Å². The van der Waals surface area contributed by atoms with E-state index in [4.69, 9.17) is 4.74 Å². The van der Waals surface area contributed by atoms with E-state index < -0.39 is 6.03 Å². The molecule has 0 spiro atoms. The van der Waals surface area contributed by atoms with Crippen LogP contribution in [-0.4, -0.2) is 34.7 Å². The lowest BCUT2D eigenvalue weighted by molar-refractivity contribution is 0.173. The second-order valence-corrected chi connectivity index (χ2v) is 7.59. The van der Waals surface area contributed by atoms with Crippen molar-refractivity contribution in [1.82, 2.24) is 15.3 Å². The Kier molecular flexibility index (Phi) is 5.64. The van der Waals surface area contributed by atoms with E-state index in [9.17, 15) is 4.79 Å². The Balaban J connectivity index is 1.57. The zero-order chi connectivity index (χ0) is 16.9. The van der Waals surface area contributed by atoms with Crippen molar-refractivity contribution in [2.45, 2.75) is 31.9 Å². The summed E-state index contributed by atoms with van der Waals surface area (Å²) in [6.45, 7) is 3.05. The Hall–Kier alpha value is -1.71. The molecule has 2 unspecified atom stereocenters. The number of pyridine rings is 1. The maximum atomic E-state index is 12.0. The molecule has 1 fully saturated rings. The molecule has 24 heavy (non-hydrogen) atoms. The average molecular weight is 412 g/mol. The van der Waals surface area contributed by atoms with Crippen molar-refractivity contribution in [2.24, 2.45) is 0 Å². The lowest BCUT2D eigenvalue weighted by Crippen LogP contribution is -2.36. The molecule has 1 aliphatic heterocycles. The zero-order valence-corrected chi connectivity index (χ0v) is 15.5. The van der Waals surface area contributed by atoms with Gasteiger partial charge in [0.05, 0.1) is 0 Å². The van der Waals surface area contributed by atoms with Crippen molar-refractivity contribution < 1.29 is 9.53 Å². The van der Waals surface area contributed by atoms with Gasteiger partial charge in [-0.1, -0.05) is 6.07 Å². The van der Waals surface area contributed by atoms with Crippen molar-refractivity contribution in [3.63, 3.8) is 0 Å². The Morgan fingerprint density at radius 3 is 2.96 bits per heavy atom. The number of hydrogen-bond donors (Lipinski definition) is 3. The van der Waals surface area contributed by atoms with Crippen LogP contribution in [-0.2, 0) is 0 Å². The molecule has 1 aliphatic rings. The third-order valence-electron chi connectivity index (χ3n) is 3.65. The molecule has 0 saturated carbocycles. The summed E-state index contributed by atoms with van der Waals surface area (Å²) >= 11 is 4.65. The second-order valence-electron chi connectivity index (χ2n) is 5.45. The minimum Gasteiger partial charge on any atom is -0.473 e. The summed E-state index contributed by atoms with van der Waals surface area (Å²) < 4.78 is 6.59. The van der Waals surface area contributed by atoms with Crippen LogP contribution in [0.3, 0.4) is 0 Å². The van der Waals surface area contributed by atoms with Gasteiger partial charge < -0.3 is 10.1 Å². The molecule has 3 N–H and O–H groups in total. The van der Waals surface area contributed by atoms with Gasteiger partial charge in [0.2, 0.25) is 5.88 Å². The van der Waals surface area contributed by atoms with Gasteiger partial charge in [0.1, 0.15) is 17.7 Å². The van der Waals surface area contributed by atoms with E-state index in [2.05, 4.69) is 41.8 Å². The molecule has 0 aliphatic carbocycles. The van der Waals surface area contributed by atoms with Crippen LogP contribution in [0.4, 0.5) is 16.4 Å². The standard InChI is InChI=1S/C15H18BrN5O2S/c1-9(10-4-3-7-17-10)23-13-6-2-5-11(18-13)20-15(22)21-12-8-24-14(16)19-12/h2,5-6,8-10,17H,3-4,7H2,1H3,(H2,18,20,21,22). The number of carbonyl (C=O) groups excluding carboxylic acids is 1. The maximum absolute atomic E-state index is 12.0. The quantitative estimate of drug-likeness (QED) is 0.700. The zero-order valence-electron chi connectivity index (χ0n) is 13.1. The van der Waals surface area contributed by atoms with Crippen LogP contribution in [0.2, 0.25) is 0 Å². The van der Waals surface area contributed by atoms with Crippen molar-refractivity contribution in [2.75, 3.05) is 17.2 Å². The number of anilines is 2. The maximum Gasteiger partial charge on any atom is 0.326 e. The number of nitrogens with one attached hydrogen (secondary N) is 3. The van der Waals surface area contributed by atoms with Crippen molar-refractivity contribution in [3.8, 4) is 5.88 Å². The summed E-state index contributed by atoms with van der Waals surface area (Å²) in [6.07, 6.45) is 2.29. The summed E-state index contributed by atoms with van der Waals surface area (Å²) in [5.41, 5.74) is 0. The lowest BCUT2D eigenvalue weighted by Gasteiger charge is -2.20. The summed E-state index contributed by atoms with van der Waals surface area (Å²) in [6, 6.07) is 5.23. The average Bonchev–Trinajstić information content (AvgIpc) is 3.19. The fourth-order valence-electron chi connectivity index (χ4n) is 2.51. The summed E-state index contributed by atoms with van der Waals surface area (Å²) in [5, 5.41) is 10.5. The fraction of sp³-hybridized carbons (Fsp3) is 0.400. The van der Waals surface area contributed by atoms with Crippen LogP contribution in [0.5, 0.6) is 5.88 Å². The molecular formula is C15H18BrN5O2S. The van der Waals surface area contributed by atoms with Crippen LogP contribution in [0.25, 0.3) is 0 Å². The van der Waals surface area contributed by atoms with E-state index in [-0.39, 0.29) is 6.10 Å². The molecule has 2 aromatic heterocycles. The number of urea groups is 1. The molecular weight excluding hydrogens is 394 g/mol. The van der Waals surface area contributed by atoms with E-state index >= 15 is 0 Å². The van der Waals surface area contributed by atoms with Gasteiger partial charge in [-0.2, -0.15) is 4.98 Å². The predicted octanol–water partition coefficient (Wildman–Crippen LogP) is 3.46. The van der Waals surface area contributed by atoms with Gasteiger partial charge in [0, 0.05) is 17.5 Å². The third-order valence-corrected chi connectivity index (χ3v) is 5.02. The van der Waals surface area contributed by atoms with Gasteiger partial charge in [-0.05, 0) is 48.3 Å². The Morgan fingerprint density at radius 2 is 2.25 bits per heavy atom. The van der Waals surface area contributed by atoms with E-state index in [1.165, 1.54) is 17.8 Å². The number of carbonyl (C=O) groups is 1. The van der Waals surface area contributed by atoms with E-state index in [1.807, 2.05) is 6.92 Å². The van der Waals surface area contributed by atoms with Gasteiger partial charge in [-0.3, -0.25) is 10.6 Å². The van der Waals surface area contributed by atoms with Crippen LogP contribution >= 0.6 is 27.3 Å². The Bertz CT molecular complexity index is 705. The van der Waals surface area contributed by atoms with Gasteiger partial charge in [-0.15, -0.1) is 11.3 Å². The SMILES string of the molecule is CC(Oc1cccc(NC(=O)Nc2csc(Br)n2)n1)C1CCCN1. The highest BCUT2D eigenvalue weighted by Crippen LogP contribution is 2.20. The molecule has 9 heteroatoms. The highest BCUT2D eigenvalue weighted by atomic mass is 79.9. The number of amides is 2. The second kappa shape index (κ2) is 7.91. The number of thiazole rings is 1. The van der Waals surface area contributed by atoms with Crippen LogP contribution in [0, 0.1) is 0 Å². The predicted molar refractivity (Wildman–Crippen MR) is 97.8 cm³/mol. The smallest absolute Gasteiger partial charge is 0.326 e. The molecule has 1 saturated heterocycles. The highest BCUT2D eigenvalue weighted by Gasteiger charge is 2.22. The third kappa shape index (κ3) is 4.65. The Morgan fingerprint density at radius 1 is 1.42 bits per heavy atom. The number of rotatable bonds is 5.